The first-order chi connectivity index (χ1) is 10.1. The highest BCUT2D eigenvalue weighted by Crippen LogP contribution is 2.24. The third kappa shape index (κ3) is 5.22. The van der Waals surface area contributed by atoms with E-state index in [-0.39, 0.29) is 0 Å². The first-order valence-corrected chi connectivity index (χ1v) is 9.29. The molecule has 0 saturated carbocycles. The lowest BCUT2D eigenvalue weighted by molar-refractivity contribution is 0.0836. The highest BCUT2D eigenvalue weighted by molar-refractivity contribution is 4.78. The van der Waals surface area contributed by atoms with Gasteiger partial charge in [-0.25, -0.2) is 0 Å². The highest BCUT2D eigenvalue weighted by Gasteiger charge is 2.23. The SMILES string of the molecule is CCC(C)N1CCN(CCN2CCC(C(C)C)CC2)CC1. The topological polar surface area (TPSA) is 9.72 Å². The van der Waals surface area contributed by atoms with Gasteiger partial charge in [-0.15, -0.1) is 0 Å². The largest absolute Gasteiger partial charge is 0.302 e. The maximum absolute atomic E-state index is 2.69. The van der Waals surface area contributed by atoms with Crippen LogP contribution in [0.1, 0.15) is 47.0 Å². The van der Waals surface area contributed by atoms with E-state index in [0.717, 1.165) is 17.9 Å². The van der Waals surface area contributed by atoms with Crippen LogP contribution in [0.3, 0.4) is 0 Å². The molecule has 1 atom stereocenters. The lowest BCUT2D eigenvalue weighted by atomic mass is 9.87. The molecular formula is C18H37N3. The molecule has 0 bridgehead atoms. The van der Waals surface area contributed by atoms with Crippen molar-refractivity contribution in [2.75, 3.05) is 52.4 Å². The summed E-state index contributed by atoms with van der Waals surface area (Å²) in [6, 6.07) is 0.766. The van der Waals surface area contributed by atoms with Crippen molar-refractivity contribution >= 4 is 0 Å². The van der Waals surface area contributed by atoms with E-state index in [2.05, 4.69) is 42.4 Å². The Morgan fingerprint density at radius 2 is 1.33 bits per heavy atom. The van der Waals surface area contributed by atoms with Crippen LogP contribution in [-0.2, 0) is 0 Å². The normalized spacial score (nSPS) is 25.6. The highest BCUT2D eigenvalue weighted by atomic mass is 15.3. The van der Waals surface area contributed by atoms with Crippen molar-refractivity contribution in [3.05, 3.63) is 0 Å². The van der Waals surface area contributed by atoms with Crippen molar-refractivity contribution in [2.24, 2.45) is 11.8 Å². The first-order valence-electron chi connectivity index (χ1n) is 9.29. The molecule has 1 unspecified atom stereocenters. The second kappa shape index (κ2) is 8.50. The molecule has 2 aliphatic rings. The summed E-state index contributed by atoms with van der Waals surface area (Å²) in [5.41, 5.74) is 0. The van der Waals surface area contributed by atoms with Gasteiger partial charge in [-0.2, -0.15) is 0 Å². The zero-order valence-electron chi connectivity index (χ0n) is 14.9. The minimum Gasteiger partial charge on any atom is -0.302 e. The zero-order chi connectivity index (χ0) is 15.2. The van der Waals surface area contributed by atoms with Crippen LogP contribution >= 0.6 is 0 Å². The quantitative estimate of drug-likeness (QED) is 0.746. The van der Waals surface area contributed by atoms with Gasteiger partial charge < -0.3 is 4.90 Å². The molecule has 0 spiro atoms. The molecule has 0 radical (unpaired) electrons. The average molecular weight is 296 g/mol. The van der Waals surface area contributed by atoms with Crippen molar-refractivity contribution in [1.82, 2.24) is 14.7 Å². The van der Waals surface area contributed by atoms with Gasteiger partial charge in [0.05, 0.1) is 0 Å². The summed E-state index contributed by atoms with van der Waals surface area (Å²) in [4.78, 5) is 8.03. The molecule has 2 fully saturated rings. The molecule has 124 valence electrons. The van der Waals surface area contributed by atoms with Crippen LogP contribution in [0.15, 0.2) is 0 Å². The molecule has 3 nitrogen and oxygen atoms in total. The summed E-state index contributed by atoms with van der Waals surface area (Å²) in [5.74, 6) is 1.85. The fourth-order valence-corrected chi connectivity index (χ4v) is 3.81. The second-order valence-electron chi connectivity index (χ2n) is 7.56. The Kier molecular flexibility index (Phi) is 6.97. The van der Waals surface area contributed by atoms with Crippen molar-refractivity contribution in [1.29, 1.82) is 0 Å². The van der Waals surface area contributed by atoms with Gasteiger partial charge in [-0.3, -0.25) is 9.80 Å². The van der Waals surface area contributed by atoms with E-state index in [4.69, 9.17) is 0 Å². The monoisotopic (exact) mass is 295 g/mol. The Balaban J connectivity index is 1.60. The van der Waals surface area contributed by atoms with Crippen LogP contribution in [0.4, 0.5) is 0 Å². The average Bonchev–Trinajstić information content (AvgIpc) is 2.53. The molecular weight excluding hydrogens is 258 g/mol. The summed E-state index contributed by atoms with van der Waals surface area (Å²) < 4.78 is 0. The third-order valence-electron chi connectivity index (χ3n) is 5.93. The molecule has 3 heteroatoms. The number of rotatable bonds is 6. The van der Waals surface area contributed by atoms with Crippen molar-refractivity contribution < 1.29 is 0 Å². The third-order valence-corrected chi connectivity index (χ3v) is 5.93. The maximum Gasteiger partial charge on any atom is 0.0113 e. The Bertz CT molecular complexity index is 276. The molecule has 2 aliphatic heterocycles. The summed E-state index contributed by atoms with van der Waals surface area (Å²) in [5, 5.41) is 0. The number of likely N-dealkylation sites (tertiary alicyclic amines) is 1. The number of hydrogen-bond donors (Lipinski definition) is 0. The van der Waals surface area contributed by atoms with Crippen LogP contribution in [0, 0.1) is 11.8 Å². The summed E-state index contributed by atoms with van der Waals surface area (Å²) >= 11 is 0. The van der Waals surface area contributed by atoms with E-state index in [1.165, 1.54) is 71.6 Å². The van der Waals surface area contributed by atoms with E-state index in [9.17, 15) is 0 Å². The maximum atomic E-state index is 2.69. The Morgan fingerprint density at radius 1 is 0.810 bits per heavy atom. The molecule has 0 aliphatic carbocycles. The summed E-state index contributed by atoms with van der Waals surface area (Å²) in [6.07, 6.45) is 4.11. The van der Waals surface area contributed by atoms with E-state index in [0.29, 0.717) is 0 Å². The van der Waals surface area contributed by atoms with Gasteiger partial charge in [0.1, 0.15) is 0 Å². The number of hydrogen-bond acceptors (Lipinski definition) is 3. The molecule has 2 heterocycles. The van der Waals surface area contributed by atoms with Gasteiger partial charge in [-0.1, -0.05) is 20.8 Å². The van der Waals surface area contributed by atoms with Gasteiger partial charge in [0.2, 0.25) is 0 Å². The van der Waals surface area contributed by atoms with Crippen molar-refractivity contribution in [2.45, 2.75) is 53.0 Å². The van der Waals surface area contributed by atoms with E-state index in [1.54, 1.807) is 0 Å². The van der Waals surface area contributed by atoms with Gasteiger partial charge in [0.15, 0.2) is 0 Å². The summed E-state index contributed by atoms with van der Waals surface area (Å²) in [7, 11) is 0. The molecule has 0 aromatic rings. The Hall–Kier alpha value is -0.120. The molecule has 0 N–H and O–H groups in total. The molecule has 0 amide bonds. The van der Waals surface area contributed by atoms with E-state index >= 15 is 0 Å². The standard InChI is InChI=1S/C18H37N3/c1-5-17(4)21-14-12-20(13-15-21)11-10-19-8-6-18(7-9-19)16(2)3/h16-18H,5-15H2,1-4H3. The fourth-order valence-electron chi connectivity index (χ4n) is 3.81. The fraction of sp³-hybridized carbons (Fsp3) is 1.00. The van der Waals surface area contributed by atoms with Gasteiger partial charge in [0, 0.05) is 45.3 Å². The van der Waals surface area contributed by atoms with Crippen molar-refractivity contribution in [3.63, 3.8) is 0 Å². The minimum absolute atomic E-state index is 0.766. The lowest BCUT2D eigenvalue weighted by Gasteiger charge is -2.39. The second-order valence-corrected chi connectivity index (χ2v) is 7.56. The van der Waals surface area contributed by atoms with E-state index in [1.807, 2.05) is 0 Å². The predicted octanol–water partition coefficient (Wildman–Crippen LogP) is 2.77. The smallest absolute Gasteiger partial charge is 0.0113 e. The first kappa shape index (κ1) is 17.2. The van der Waals surface area contributed by atoms with Gasteiger partial charge in [0.25, 0.3) is 0 Å². The molecule has 2 rings (SSSR count). The van der Waals surface area contributed by atoms with Crippen LogP contribution in [0.25, 0.3) is 0 Å². The van der Waals surface area contributed by atoms with Crippen LogP contribution in [-0.4, -0.2) is 73.1 Å². The number of piperidine rings is 1. The van der Waals surface area contributed by atoms with Crippen molar-refractivity contribution in [3.8, 4) is 0 Å². The Morgan fingerprint density at radius 3 is 1.81 bits per heavy atom. The Labute approximate surface area is 132 Å². The lowest BCUT2D eigenvalue weighted by Crippen LogP contribution is -2.51. The minimum atomic E-state index is 0.766. The molecule has 0 aromatic carbocycles. The van der Waals surface area contributed by atoms with Gasteiger partial charge >= 0.3 is 0 Å². The van der Waals surface area contributed by atoms with Crippen LogP contribution in [0.2, 0.25) is 0 Å². The number of nitrogens with zero attached hydrogens (tertiary/aromatic N) is 3. The summed E-state index contributed by atoms with van der Waals surface area (Å²) in [6.45, 7) is 19.7. The van der Waals surface area contributed by atoms with Crippen LogP contribution in [0.5, 0.6) is 0 Å². The molecule has 0 aromatic heterocycles. The van der Waals surface area contributed by atoms with E-state index < -0.39 is 0 Å². The zero-order valence-corrected chi connectivity index (χ0v) is 14.9. The predicted molar refractivity (Wildman–Crippen MR) is 91.8 cm³/mol. The molecule has 2 saturated heterocycles. The van der Waals surface area contributed by atoms with Crippen LogP contribution < -0.4 is 0 Å². The van der Waals surface area contributed by atoms with Gasteiger partial charge in [-0.05, 0) is 51.1 Å². The number of piperazine rings is 1. The molecule has 21 heavy (non-hydrogen) atoms.